The number of carbonyl (C=O) groups is 1. The highest BCUT2D eigenvalue weighted by Crippen LogP contribution is 2.31. The number of ether oxygens (including phenoxy) is 1. The molecule has 3 rings (SSSR count). The van der Waals surface area contributed by atoms with Crippen molar-refractivity contribution in [2.24, 2.45) is 0 Å². The number of halogens is 3. The van der Waals surface area contributed by atoms with Crippen molar-refractivity contribution in [1.29, 1.82) is 0 Å². The van der Waals surface area contributed by atoms with Crippen LogP contribution in [0.5, 0.6) is 5.75 Å². The second kappa shape index (κ2) is 7.57. The van der Waals surface area contributed by atoms with E-state index < -0.39 is 24.3 Å². The Morgan fingerprint density at radius 3 is 2.58 bits per heavy atom. The number of rotatable bonds is 5. The van der Waals surface area contributed by atoms with Gasteiger partial charge in [0, 0.05) is 22.8 Å². The molecule has 0 aliphatic heterocycles. The van der Waals surface area contributed by atoms with E-state index in [4.69, 9.17) is 4.74 Å². The molecule has 134 valence electrons. The van der Waals surface area contributed by atoms with Crippen molar-refractivity contribution < 1.29 is 22.7 Å². The van der Waals surface area contributed by atoms with Crippen LogP contribution in [-0.4, -0.2) is 17.5 Å². The second-order valence-electron chi connectivity index (χ2n) is 5.28. The van der Waals surface area contributed by atoms with Gasteiger partial charge in [-0.05, 0) is 42.5 Å². The first kappa shape index (κ1) is 17.9. The van der Waals surface area contributed by atoms with Gasteiger partial charge in [0.15, 0.2) is 6.61 Å². The first-order chi connectivity index (χ1) is 12.4. The first-order valence-electron chi connectivity index (χ1n) is 7.52. The Morgan fingerprint density at radius 2 is 1.92 bits per heavy atom. The van der Waals surface area contributed by atoms with Crippen LogP contribution in [0.25, 0.3) is 10.6 Å². The molecule has 0 fully saturated rings. The zero-order chi connectivity index (χ0) is 18.6. The normalized spacial score (nSPS) is 11.2. The van der Waals surface area contributed by atoms with Crippen LogP contribution in [-0.2, 0) is 11.0 Å². The van der Waals surface area contributed by atoms with Crippen LogP contribution < -0.4 is 10.1 Å². The Labute approximate surface area is 151 Å². The molecule has 2 aromatic carbocycles. The number of carbonyl (C=O) groups excluding carboxylic acids is 1. The summed E-state index contributed by atoms with van der Waals surface area (Å²) in [6.07, 6.45) is -2.75. The fourth-order valence-electron chi connectivity index (χ4n) is 2.17. The summed E-state index contributed by atoms with van der Waals surface area (Å²) in [5, 5.41) is 5.37. The molecule has 1 aromatic heterocycles. The van der Waals surface area contributed by atoms with E-state index in [1.807, 2.05) is 17.5 Å². The Kier molecular flexibility index (Phi) is 5.22. The molecular weight excluding hydrogens is 365 g/mol. The second-order valence-corrected chi connectivity index (χ2v) is 6.17. The van der Waals surface area contributed by atoms with E-state index in [0.717, 1.165) is 22.7 Å². The fourth-order valence-corrected chi connectivity index (χ4v) is 2.81. The third-order valence-electron chi connectivity index (χ3n) is 3.38. The molecule has 0 aliphatic carbocycles. The van der Waals surface area contributed by atoms with E-state index in [2.05, 4.69) is 10.3 Å². The third-order valence-corrected chi connectivity index (χ3v) is 4.20. The number of nitrogens with zero attached hydrogens (tertiary/aromatic N) is 1. The number of thiazole rings is 1. The van der Waals surface area contributed by atoms with Crippen molar-refractivity contribution in [3.8, 4) is 16.3 Å². The minimum Gasteiger partial charge on any atom is -0.484 e. The van der Waals surface area contributed by atoms with Crippen molar-refractivity contribution in [3.63, 3.8) is 0 Å². The maximum absolute atomic E-state index is 12.7. The lowest BCUT2D eigenvalue weighted by Gasteiger charge is -2.10. The number of nitrogens with one attached hydrogen (secondary N) is 1. The van der Waals surface area contributed by atoms with Gasteiger partial charge >= 0.3 is 6.18 Å². The van der Waals surface area contributed by atoms with Crippen molar-refractivity contribution in [3.05, 3.63) is 65.7 Å². The molecule has 1 heterocycles. The van der Waals surface area contributed by atoms with Gasteiger partial charge in [0.2, 0.25) is 0 Å². The standard InChI is InChI=1S/C18H13F3N2O2S/c19-18(20,21)13-2-1-3-15(10-13)25-11-16(24)23-14-6-4-12(5-7-14)17-22-8-9-26-17/h1-10H,11H2,(H,23,24). The summed E-state index contributed by atoms with van der Waals surface area (Å²) >= 11 is 1.51. The van der Waals surface area contributed by atoms with E-state index in [1.54, 1.807) is 18.3 Å². The molecule has 0 spiro atoms. The summed E-state index contributed by atoms with van der Waals surface area (Å²) in [6.45, 7) is -0.393. The highest BCUT2D eigenvalue weighted by atomic mass is 32.1. The summed E-state index contributed by atoms with van der Waals surface area (Å²) in [5.74, 6) is -0.487. The van der Waals surface area contributed by atoms with Crippen LogP contribution >= 0.6 is 11.3 Å². The third kappa shape index (κ3) is 4.60. The Bertz CT molecular complexity index is 878. The summed E-state index contributed by atoms with van der Waals surface area (Å²) in [5.41, 5.74) is 0.661. The molecule has 3 aromatic rings. The molecule has 0 bridgehead atoms. The molecule has 0 saturated heterocycles. The molecule has 8 heteroatoms. The van der Waals surface area contributed by atoms with Gasteiger partial charge in [0.05, 0.1) is 5.56 Å². The smallest absolute Gasteiger partial charge is 0.416 e. The number of anilines is 1. The molecule has 0 atom stereocenters. The molecule has 4 nitrogen and oxygen atoms in total. The number of benzene rings is 2. The summed E-state index contributed by atoms with van der Waals surface area (Å²) in [4.78, 5) is 16.1. The molecule has 0 radical (unpaired) electrons. The predicted octanol–water partition coefficient (Wildman–Crippen LogP) is 4.85. The number of hydrogen-bond acceptors (Lipinski definition) is 4. The Balaban J connectivity index is 1.56. The quantitative estimate of drug-likeness (QED) is 0.691. The topological polar surface area (TPSA) is 51.2 Å². The van der Waals surface area contributed by atoms with Crippen LogP contribution in [0, 0.1) is 0 Å². The molecule has 1 amide bonds. The fraction of sp³-hybridized carbons (Fsp3) is 0.111. The van der Waals surface area contributed by atoms with Crippen molar-refractivity contribution >= 4 is 22.9 Å². The molecule has 1 N–H and O–H groups in total. The van der Waals surface area contributed by atoms with E-state index in [0.29, 0.717) is 5.69 Å². The largest absolute Gasteiger partial charge is 0.484 e. The van der Waals surface area contributed by atoms with E-state index in [9.17, 15) is 18.0 Å². The van der Waals surface area contributed by atoms with Gasteiger partial charge in [-0.2, -0.15) is 13.2 Å². The van der Waals surface area contributed by atoms with Gasteiger partial charge in [-0.25, -0.2) is 4.98 Å². The van der Waals surface area contributed by atoms with Crippen molar-refractivity contribution in [1.82, 2.24) is 4.98 Å². The minimum absolute atomic E-state index is 0.0194. The average Bonchev–Trinajstić information content (AvgIpc) is 3.15. The van der Waals surface area contributed by atoms with Crippen LogP contribution in [0.15, 0.2) is 60.1 Å². The SMILES string of the molecule is O=C(COc1cccc(C(F)(F)F)c1)Nc1ccc(-c2nccs2)cc1. The average molecular weight is 378 g/mol. The summed E-state index contributed by atoms with van der Waals surface area (Å²) in [7, 11) is 0. The van der Waals surface area contributed by atoms with Gasteiger partial charge < -0.3 is 10.1 Å². The first-order valence-corrected chi connectivity index (χ1v) is 8.39. The molecule has 0 aliphatic rings. The predicted molar refractivity (Wildman–Crippen MR) is 93.1 cm³/mol. The molecule has 0 unspecified atom stereocenters. The lowest BCUT2D eigenvalue weighted by atomic mass is 10.2. The summed E-state index contributed by atoms with van der Waals surface area (Å²) in [6, 6.07) is 11.5. The number of hydrogen-bond donors (Lipinski definition) is 1. The van der Waals surface area contributed by atoms with Crippen LogP contribution in [0.3, 0.4) is 0 Å². The van der Waals surface area contributed by atoms with Crippen molar-refractivity contribution in [2.75, 3.05) is 11.9 Å². The van der Waals surface area contributed by atoms with Crippen LogP contribution in [0.1, 0.15) is 5.56 Å². The van der Waals surface area contributed by atoms with Gasteiger partial charge in [-0.15, -0.1) is 11.3 Å². The van der Waals surface area contributed by atoms with Gasteiger partial charge in [0.25, 0.3) is 5.91 Å². The summed E-state index contributed by atoms with van der Waals surface area (Å²) < 4.78 is 43.1. The number of alkyl halides is 3. The van der Waals surface area contributed by atoms with Crippen LogP contribution in [0.4, 0.5) is 18.9 Å². The minimum atomic E-state index is -4.46. The maximum atomic E-state index is 12.7. The Hall–Kier alpha value is -2.87. The Morgan fingerprint density at radius 1 is 1.15 bits per heavy atom. The monoisotopic (exact) mass is 378 g/mol. The van der Waals surface area contributed by atoms with E-state index >= 15 is 0 Å². The van der Waals surface area contributed by atoms with Crippen LogP contribution in [0.2, 0.25) is 0 Å². The lowest BCUT2D eigenvalue weighted by molar-refractivity contribution is -0.137. The maximum Gasteiger partial charge on any atom is 0.416 e. The molecule has 26 heavy (non-hydrogen) atoms. The number of amides is 1. The van der Waals surface area contributed by atoms with Gasteiger partial charge in [0.1, 0.15) is 10.8 Å². The highest BCUT2D eigenvalue weighted by Gasteiger charge is 2.30. The van der Waals surface area contributed by atoms with Gasteiger partial charge in [-0.3, -0.25) is 4.79 Å². The van der Waals surface area contributed by atoms with E-state index in [-0.39, 0.29) is 5.75 Å². The highest BCUT2D eigenvalue weighted by molar-refractivity contribution is 7.13. The zero-order valence-electron chi connectivity index (χ0n) is 13.3. The van der Waals surface area contributed by atoms with E-state index in [1.165, 1.54) is 23.5 Å². The molecule has 0 saturated carbocycles. The van der Waals surface area contributed by atoms with Gasteiger partial charge in [-0.1, -0.05) is 6.07 Å². The lowest BCUT2D eigenvalue weighted by Crippen LogP contribution is -2.20. The molecular formula is C18H13F3N2O2S. The zero-order valence-corrected chi connectivity index (χ0v) is 14.1. The number of aromatic nitrogens is 1. The van der Waals surface area contributed by atoms with Crippen molar-refractivity contribution in [2.45, 2.75) is 6.18 Å².